The maximum absolute atomic E-state index is 6.03. The van der Waals surface area contributed by atoms with Gasteiger partial charge in [0.15, 0.2) is 11.5 Å². The van der Waals surface area contributed by atoms with Crippen LogP contribution in [0.15, 0.2) is 48.5 Å². The summed E-state index contributed by atoms with van der Waals surface area (Å²) in [6.45, 7) is 6.52. The Balaban J connectivity index is 1.27. The normalized spacial score (nSPS) is 34.2. The van der Waals surface area contributed by atoms with E-state index in [4.69, 9.17) is 9.47 Å². The average molecular weight is 406 g/mol. The van der Waals surface area contributed by atoms with E-state index in [2.05, 4.69) is 49.5 Å². The molecule has 4 aliphatic rings. The van der Waals surface area contributed by atoms with Crippen molar-refractivity contribution in [3.8, 4) is 11.5 Å². The first-order chi connectivity index (χ1) is 14.4. The van der Waals surface area contributed by atoms with Crippen molar-refractivity contribution in [1.82, 2.24) is 5.32 Å². The predicted octanol–water partition coefficient (Wildman–Crippen LogP) is 6.11. The average Bonchev–Trinajstić information content (AvgIpc) is 2.69. The van der Waals surface area contributed by atoms with E-state index in [1.54, 1.807) is 7.11 Å². The number of hydrogen-bond acceptors (Lipinski definition) is 3. The molecule has 2 aromatic rings. The maximum atomic E-state index is 6.03. The maximum Gasteiger partial charge on any atom is 0.161 e. The van der Waals surface area contributed by atoms with Crippen LogP contribution in [-0.2, 0) is 13.2 Å². The Bertz CT molecular complexity index is 890. The fourth-order valence-electron chi connectivity index (χ4n) is 7.61. The molecule has 4 atom stereocenters. The highest BCUT2D eigenvalue weighted by atomic mass is 16.5. The Hall–Kier alpha value is -2.00. The van der Waals surface area contributed by atoms with Gasteiger partial charge in [-0.3, -0.25) is 0 Å². The fraction of sp³-hybridized carbons (Fsp3) is 0.556. The van der Waals surface area contributed by atoms with Gasteiger partial charge in [0.25, 0.3) is 0 Å². The third-order valence-corrected chi connectivity index (χ3v) is 7.76. The Morgan fingerprint density at radius 1 is 0.867 bits per heavy atom. The summed E-state index contributed by atoms with van der Waals surface area (Å²) in [5.41, 5.74) is 3.82. The highest BCUT2D eigenvalue weighted by molar-refractivity contribution is 5.43. The summed E-state index contributed by atoms with van der Waals surface area (Å²) in [6, 6.07) is 16.6. The summed E-state index contributed by atoms with van der Waals surface area (Å²) in [7, 11) is 1.72. The molecule has 4 saturated carbocycles. The first kappa shape index (κ1) is 19.9. The molecule has 0 aromatic heterocycles. The number of rotatable bonds is 7. The number of hydrogen-bond donors (Lipinski definition) is 1. The van der Waals surface area contributed by atoms with Gasteiger partial charge < -0.3 is 14.8 Å². The molecule has 30 heavy (non-hydrogen) atoms. The molecule has 6 rings (SSSR count). The van der Waals surface area contributed by atoms with E-state index in [1.807, 2.05) is 18.2 Å². The van der Waals surface area contributed by atoms with Crippen LogP contribution in [0.25, 0.3) is 0 Å². The van der Waals surface area contributed by atoms with Crippen molar-refractivity contribution in [3.05, 3.63) is 59.7 Å². The van der Waals surface area contributed by atoms with Crippen molar-refractivity contribution in [2.24, 2.45) is 16.7 Å². The lowest BCUT2D eigenvalue weighted by atomic mass is 9.43. The Morgan fingerprint density at radius 3 is 2.27 bits per heavy atom. The first-order valence-corrected chi connectivity index (χ1v) is 11.5. The van der Waals surface area contributed by atoms with Crippen LogP contribution in [0.3, 0.4) is 0 Å². The van der Waals surface area contributed by atoms with Crippen LogP contribution >= 0.6 is 0 Å². The Labute approximate surface area is 181 Å². The summed E-state index contributed by atoms with van der Waals surface area (Å²) in [4.78, 5) is 0. The second-order valence-corrected chi connectivity index (χ2v) is 11.0. The fourth-order valence-corrected chi connectivity index (χ4v) is 7.61. The molecular formula is C27H35NO2. The zero-order valence-corrected chi connectivity index (χ0v) is 18.7. The molecule has 0 saturated heterocycles. The van der Waals surface area contributed by atoms with Gasteiger partial charge in [0.05, 0.1) is 7.11 Å². The zero-order chi connectivity index (χ0) is 20.8. The number of ether oxygens (including phenoxy) is 2. The molecule has 0 spiro atoms. The summed E-state index contributed by atoms with van der Waals surface area (Å²) in [6.07, 6.45) is 8.32. The number of methoxy groups -OCH3 is 1. The van der Waals surface area contributed by atoms with Gasteiger partial charge in [-0.25, -0.2) is 0 Å². The van der Waals surface area contributed by atoms with E-state index >= 15 is 0 Å². The SMILES string of the molecule is COc1cc(CNC23CC4C[C@@](C)(C2)C[C@](C)(C4)C3)ccc1OCc1ccccc1. The van der Waals surface area contributed by atoms with Crippen molar-refractivity contribution >= 4 is 0 Å². The number of benzene rings is 2. The highest BCUT2D eigenvalue weighted by Gasteiger charge is 2.59. The van der Waals surface area contributed by atoms with Gasteiger partial charge in [-0.05, 0) is 78.5 Å². The third kappa shape index (κ3) is 3.85. The van der Waals surface area contributed by atoms with Crippen LogP contribution < -0.4 is 14.8 Å². The molecule has 4 bridgehead atoms. The van der Waals surface area contributed by atoms with E-state index in [0.717, 1.165) is 29.5 Å². The van der Waals surface area contributed by atoms with Crippen molar-refractivity contribution in [3.63, 3.8) is 0 Å². The smallest absolute Gasteiger partial charge is 0.161 e. The van der Waals surface area contributed by atoms with Crippen molar-refractivity contribution in [2.45, 2.75) is 71.1 Å². The number of nitrogens with one attached hydrogen (secondary N) is 1. The molecule has 0 radical (unpaired) electrons. The monoisotopic (exact) mass is 405 g/mol. The molecular weight excluding hydrogens is 370 g/mol. The van der Waals surface area contributed by atoms with Crippen LogP contribution in [0.2, 0.25) is 0 Å². The minimum absolute atomic E-state index is 0.318. The van der Waals surface area contributed by atoms with Gasteiger partial charge in [0.2, 0.25) is 0 Å². The van der Waals surface area contributed by atoms with E-state index in [9.17, 15) is 0 Å². The molecule has 2 aromatic carbocycles. The van der Waals surface area contributed by atoms with E-state index in [0.29, 0.717) is 23.0 Å². The Morgan fingerprint density at radius 2 is 1.60 bits per heavy atom. The lowest BCUT2D eigenvalue weighted by Gasteiger charge is -2.65. The van der Waals surface area contributed by atoms with E-state index in [1.165, 1.54) is 44.1 Å². The topological polar surface area (TPSA) is 30.5 Å². The van der Waals surface area contributed by atoms with Crippen LogP contribution in [0.4, 0.5) is 0 Å². The molecule has 2 unspecified atom stereocenters. The minimum atomic E-state index is 0.318. The zero-order valence-electron chi connectivity index (χ0n) is 18.7. The Kier molecular flexibility index (Phi) is 4.85. The van der Waals surface area contributed by atoms with E-state index < -0.39 is 0 Å². The second-order valence-electron chi connectivity index (χ2n) is 11.0. The van der Waals surface area contributed by atoms with Gasteiger partial charge in [0.1, 0.15) is 6.61 Å². The van der Waals surface area contributed by atoms with Gasteiger partial charge >= 0.3 is 0 Å². The lowest BCUT2D eigenvalue weighted by Crippen LogP contribution is -2.63. The molecule has 4 aliphatic carbocycles. The second kappa shape index (κ2) is 7.30. The van der Waals surface area contributed by atoms with Gasteiger partial charge in [-0.15, -0.1) is 0 Å². The van der Waals surface area contributed by atoms with E-state index in [-0.39, 0.29) is 0 Å². The molecule has 3 heteroatoms. The molecule has 160 valence electrons. The summed E-state index contributed by atoms with van der Waals surface area (Å²) >= 11 is 0. The van der Waals surface area contributed by atoms with Crippen LogP contribution in [-0.4, -0.2) is 12.6 Å². The van der Waals surface area contributed by atoms with Crippen molar-refractivity contribution in [2.75, 3.05) is 7.11 Å². The minimum Gasteiger partial charge on any atom is -0.493 e. The predicted molar refractivity (Wildman–Crippen MR) is 121 cm³/mol. The van der Waals surface area contributed by atoms with Gasteiger partial charge in [0, 0.05) is 12.1 Å². The standard InChI is InChI=1S/C27H35NO2/c1-25-12-22-13-26(2,17-25)19-27(14-22,18-25)28-15-21-9-10-23(24(11-21)29-3)30-16-20-7-5-4-6-8-20/h4-11,22,28H,12-19H2,1-3H3/t22?,25-,26+,27?. The molecule has 1 N–H and O–H groups in total. The summed E-state index contributed by atoms with van der Waals surface area (Å²) in [5.74, 6) is 2.53. The van der Waals surface area contributed by atoms with Crippen LogP contribution in [0.5, 0.6) is 11.5 Å². The first-order valence-electron chi connectivity index (χ1n) is 11.5. The molecule has 0 amide bonds. The summed E-state index contributed by atoms with van der Waals surface area (Å²) < 4.78 is 11.7. The molecule has 0 aliphatic heterocycles. The lowest BCUT2D eigenvalue weighted by molar-refractivity contribution is -0.118. The molecule has 3 nitrogen and oxygen atoms in total. The molecule has 0 heterocycles. The van der Waals surface area contributed by atoms with Gasteiger partial charge in [-0.2, -0.15) is 0 Å². The third-order valence-electron chi connectivity index (χ3n) is 7.76. The van der Waals surface area contributed by atoms with Gasteiger partial charge in [-0.1, -0.05) is 50.2 Å². The van der Waals surface area contributed by atoms with Crippen molar-refractivity contribution in [1.29, 1.82) is 0 Å². The van der Waals surface area contributed by atoms with Crippen LogP contribution in [0, 0.1) is 16.7 Å². The highest BCUT2D eigenvalue weighted by Crippen LogP contribution is 2.66. The largest absolute Gasteiger partial charge is 0.493 e. The summed E-state index contributed by atoms with van der Waals surface area (Å²) in [5, 5.41) is 4.03. The molecule has 4 fully saturated rings. The van der Waals surface area contributed by atoms with Crippen LogP contribution in [0.1, 0.15) is 63.5 Å². The quantitative estimate of drug-likeness (QED) is 0.602. The van der Waals surface area contributed by atoms with Crippen molar-refractivity contribution < 1.29 is 9.47 Å².